The average molecular weight is 391 g/mol. The standard InChI is InChI=1S/C21H11F6N/c22-20(23,24)13-7-5-12(6-8-13)19-16-10-9-14(21(25,26)27)11-17(16)15-3-1-2-4-18(15)28-19/h1-11H. The van der Waals surface area contributed by atoms with Crippen LogP contribution in [0.25, 0.3) is 32.9 Å². The quantitative estimate of drug-likeness (QED) is 0.249. The molecule has 0 atom stereocenters. The molecule has 0 aliphatic rings. The van der Waals surface area contributed by atoms with Crippen LogP contribution in [-0.2, 0) is 12.4 Å². The van der Waals surface area contributed by atoms with E-state index < -0.39 is 23.5 Å². The highest BCUT2D eigenvalue weighted by molar-refractivity contribution is 6.11. The molecule has 1 aromatic heterocycles. The Morgan fingerprint density at radius 2 is 1.18 bits per heavy atom. The fourth-order valence-corrected chi connectivity index (χ4v) is 3.17. The Balaban J connectivity index is 2.00. The Bertz CT molecular complexity index is 1170. The van der Waals surface area contributed by atoms with Crippen molar-refractivity contribution in [2.24, 2.45) is 0 Å². The number of fused-ring (bicyclic) bond motifs is 3. The molecule has 0 unspecified atom stereocenters. The summed E-state index contributed by atoms with van der Waals surface area (Å²) >= 11 is 0. The Hall–Kier alpha value is -3.09. The van der Waals surface area contributed by atoms with Gasteiger partial charge < -0.3 is 0 Å². The fraction of sp³-hybridized carbons (Fsp3) is 0.0952. The molecule has 1 heterocycles. The van der Waals surface area contributed by atoms with Gasteiger partial charge in [0.15, 0.2) is 0 Å². The number of halogens is 6. The van der Waals surface area contributed by atoms with Crippen LogP contribution in [0.4, 0.5) is 26.3 Å². The third kappa shape index (κ3) is 3.17. The molecule has 142 valence electrons. The number of aromatic nitrogens is 1. The summed E-state index contributed by atoms with van der Waals surface area (Å²) in [4.78, 5) is 4.49. The van der Waals surface area contributed by atoms with E-state index in [1.807, 2.05) is 0 Å². The average Bonchev–Trinajstić information content (AvgIpc) is 2.65. The fourth-order valence-electron chi connectivity index (χ4n) is 3.17. The molecule has 0 saturated carbocycles. The summed E-state index contributed by atoms with van der Waals surface area (Å²) < 4.78 is 78.0. The Morgan fingerprint density at radius 1 is 0.571 bits per heavy atom. The summed E-state index contributed by atoms with van der Waals surface area (Å²) in [6.45, 7) is 0. The van der Waals surface area contributed by atoms with E-state index in [0.717, 1.165) is 24.3 Å². The summed E-state index contributed by atoms with van der Waals surface area (Å²) in [5.41, 5.74) is -0.417. The van der Waals surface area contributed by atoms with Crippen molar-refractivity contribution in [3.05, 3.63) is 77.9 Å². The van der Waals surface area contributed by atoms with E-state index in [1.54, 1.807) is 24.3 Å². The maximum absolute atomic E-state index is 13.2. The largest absolute Gasteiger partial charge is 0.416 e. The maximum atomic E-state index is 13.2. The molecule has 3 aromatic carbocycles. The molecule has 0 aliphatic heterocycles. The molecule has 1 nitrogen and oxygen atoms in total. The molecule has 0 saturated heterocycles. The first-order valence-electron chi connectivity index (χ1n) is 8.22. The minimum Gasteiger partial charge on any atom is -0.247 e. The van der Waals surface area contributed by atoms with Crippen LogP contribution in [0.2, 0.25) is 0 Å². The molecule has 0 aliphatic carbocycles. The molecule has 0 amide bonds. The number of para-hydroxylation sites is 1. The van der Waals surface area contributed by atoms with Crippen LogP contribution < -0.4 is 0 Å². The second kappa shape index (κ2) is 6.22. The number of rotatable bonds is 1. The van der Waals surface area contributed by atoms with E-state index in [-0.39, 0.29) is 0 Å². The third-order valence-electron chi connectivity index (χ3n) is 4.51. The predicted molar refractivity (Wildman–Crippen MR) is 94.7 cm³/mol. The lowest BCUT2D eigenvalue weighted by Gasteiger charge is -2.13. The number of alkyl halides is 6. The number of nitrogens with zero attached hydrogens (tertiary/aromatic N) is 1. The zero-order valence-electron chi connectivity index (χ0n) is 14.1. The SMILES string of the molecule is FC(F)(F)c1ccc(-c2nc3ccccc3c3cc(C(F)(F)F)ccc23)cc1. The monoisotopic (exact) mass is 391 g/mol. The van der Waals surface area contributed by atoms with E-state index in [2.05, 4.69) is 4.98 Å². The first kappa shape index (κ1) is 18.3. The predicted octanol–water partition coefficient (Wildman–Crippen LogP) is 7.09. The summed E-state index contributed by atoms with van der Waals surface area (Å²) in [5, 5.41) is 1.32. The van der Waals surface area contributed by atoms with Gasteiger partial charge in [-0.2, -0.15) is 26.3 Å². The van der Waals surface area contributed by atoms with Crippen molar-refractivity contribution >= 4 is 21.7 Å². The second-order valence-electron chi connectivity index (χ2n) is 6.31. The van der Waals surface area contributed by atoms with Gasteiger partial charge in [-0.05, 0) is 35.7 Å². The Morgan fingerprint density at radius 3 is 1.82 bits per heavy atom. The van der Waals surface area contributed by atoms with E-state index in [4.69, 9.17) is 0 Å². The maximum Gasteiger partial charge on any atom is 0.416 e. The Kier molecular flexibility index (Phi) is 4.06. The van der Waals surface area contributed by atoms with Crippen molar-refractivity contribution in [3.63, 3.8) is 0 Å². The first-order valence-corrected chi connectivity index (χ1v) is 8.22. The van der Waals surface area contributed by atoms with Crippen LogP contribution >= 0.6 is 0 Å². The van der Waals surface area contributed by atoms with E-state index in [9.17, 15) is 26.3 Å². The number of pyridine rings is 1. The molecule has 4 aromatic rings. The zero-order valence-corrected chi connectivity index (χ0v) is 14.1. The first-order chi connectivity index (χ1) is 13.1. The highest BCUT2D eigenvalue weighted by Gasteiger charge is 2.31. The van der Waals surface area contributed by atoms with Gasteiger partial charge in [0.05, 0.1) is 22.3 Å². The van der Waals surface area contributed by atoms with E-state index >= 15 is 0 Å². The smallest absolute Gasteiger partial charge is 0.247 e. The van der Waals surface area contributed by atoms with Gasteiger partial charge in [0.1, 0.15) is 0 Å². The number of hydrogen-bond acceptors (Lipinski definition) is 1. The normalized spacial score (nSPS) is 12.6. The van der Waals surface area contributed by atoms with Crippen molar-refractivity contribution in [3.8, 4) is 11.3 Å². The van der Waals surface area contributed by atoms with Crippen LogP contribution in [0, 0.1) is 0 Å². The van der Waals surface area contributed by atoms with Gasteiger partial charge in [-0.1, -0.05) is 36.4 Å². The lowest BCUT2D eigenvalue weighted by atomic mass is 9.97. The van der Waals surface area contributed by atoms with Gasteiger partial charge in [0, 0.05) is 16.3 Å². The van der Waals surface area contributed by atoms with Crippen LogP contribution in [-0.4, -0.2) is 4.98 Å². The molecular formula is C21H11F6N. The van der Waals surface area contributed by atoms with Crippen molar-refractivity contribution < 1.29 is 26.3 Å². The highest BCUT2D eigenvalue weighted by Crippen LogP contribution is 2.38. The Labute approximate surface area is 155 Å². The lowest BCUT2D eigenvalue weighted by molar-refractivity contribution is -0.138. The summed E-state index contributed by atoms with van der Waals surface area (Å²) in [7, 11) is 0. The van der Waals surface area contributed by atoms with Crippen LogP contribution in [0.15, 0.2) is 66.7 Å². The van der Waals surface area contributed by atoms with Crippen LogP contribution in [0.3, 0.4) is 0 Å². The van der Waals surface area contributed by atoms with Crippen LogP contribution in [0.1, 0.15) is 11.1 Å². The molecule has 28 heavy (non-hydrogen) atoms. The minimum atomic E-state index is -4.51. The molecule has 0 N–H and O–H groups in total. The molecule has 0 radical (unpaired) electrons. The topological polar surface area (TPSA) is 12.9 Å². The van der Waals surface area contributed by atoms with Gasteiger partial charge in [-0.25, -0.2) is 4.98 Å². The summed E-state index contributed by atoms with van der Waals surface area (Å²) in [6, 6.07) is 14.4. The molecule has 0 bridgehead atoms. The van der Waals surface area contributed by atoms with Gasteiger partial charge in [0.2, 0.25) is 0 Å². The molecule has 0 fully saturated rings. The third-order valence-corrected chi connectivity index (χ3v) is 4.51. The van der Waals surface area contributed by atoms with Crippen molar-refractivity contribution in [2.75, 3.05) is 0 Å². The van der Waals surface area contributed by atoms with Crippen molar-refractivity contribution in [1.82, 2.24) is 4.98 Å². The van der Waals surface area contributed by atoms with Gasteiger partial charge in [0.25, 0.3) is 0 Å². The second-order valence-corrected chi connectivity index (χ2v) is 6.31. The van der Waals surface area contributed by atoms with Gasteiger partial charge in [-0.15, -0.1) is 0 Å². The van der Waals surface area contributed by atoms with Gasteiger partial charge in [-0.3, -0.25) is 0 Å². The highest BCUT2D eigenvalue weighted by atomic mass is 19.4. The van der Waals surface area contributed by atoms with E-state index in [1.165, 1.54) is 18.2 Å². The summed E-state index contributed by atoms with van der Waals surface area (Å²) in [5.74, 6) is 0. The summed E-state index contributed by atoms with van der Waals surface area (Å²) in [6.07, 6.45) is -8.98. The number of benzene rings is 3. The number of hydrogen-bond donors (Lipinski definition) is 0. The zero-order chi connectivity index (χ0) is 20.1. The van der Waals surface area contributed by atoms with Crippen molar-refractivity contribution in [1.29, 1.82) is 0 Å². The molecule has 4 rings (SSSR count). The van der Waals surface area contributed by atoms with E-state index in [0.29, 0.717) is 32.9 Å². The molecule has 7 heteroatoms. The minimum absolute atomic E-state index is 0.330. The lowest BCUT2D eigenvalue weighted by Crippen LogP contribution is -2.05. The molecule has 0 spiro atoms. The molecular weight excluding hydrogens is 380 g/mol. The van der Waals surface area contributed by atoms with Crippen LogP contribution in [0.5, 0.6) is 0 Å². The van der Waals surface area contributed by atoms with Gasteiger partial charge >= 0.3 is 12.4 Å². The van der Waals surface area contributed by atoms with Crippen molar-refractivity contribution in [2.45, 2.75) is 12.4 Å².